The number of amides is 3. The normalized spacial score (nSPS) is 20.5. The SMILES string of the molecule is N=C(N)NOCCC(=O)NC(=N)[C@@H]1CC[C@@H]2CN1C(=O)N2OCc1ccccc1. The number of nitrogens with zero attached hydrogens (tertiary/aromatic N) is 2. The van der Waals surface area contributed by atoms with Gasteiger partial charge in [-0.05, 0) is 18.4 Å². The summed E-state index contributed by atoms with van der Waals surface area (Å²) < 4.78 is 0. The predicted molar refractivity (Wildman–Crippen MR) is 103 cm³/mol. The van der Waals surface area contributed by atoms with Gasteiger partial charge in [0.25, 0.3) is 0 Å². The van der Waals surface area contributed by atoms with Crippen LogP contribution in [0, 0.1) is 10.8 Å². The van der Waals surface area contributed by atoms with Crippen LogP contribution in [0.25, 0.3) is 0 Å². The Morgan fingerprint density at radius 3 is 2.72 bits per heavy atom. The van der Waals surface area contributed by atoms with Gasteiger partial charge in [0.2, 0.25) is 11.9 Å². The molecule has 2 fully saturated rings. The largest absolute Gasteiger partial charge is 0.368 e. The second-order valence-corrected chi connectivity index (χ2v) is 6.84. The lowest BCUT2D eigenvalue weighted by atomic mass is 10.00. The van der Waals surface area contributed by atoms with Crippen molar-refractivity contribution in [1.29, 1.82) is 10.8 Å². The molecule has 0 aromatic heterocycles. The van der Waals surface area contributed by atoms with E-state index in [0.29, 0.717) is 26.0 Å². The van der Waals surface area contributed by atoms with Gasteiger partial charge in [-0.25, -0.2) is 10.3 Å². The highest BCUT2D eigenvalue weighted by Crippen LogP contribution is 2.30. The molecular weight excluding hydrogens is 378 g/mol. The van der Waals surface area contributed by atoms with Gasteiger partial charge in [-0.3, -0.25) is 25.3 Å². The van der Waals surface area contributed by atoms with Crippen LogP contribution in [0.5, 0.6) is 0 Å². The molecular formula is C18H25N7O4. The third-order valence-corrected chi connectivity index (χ3v) is 4.76. The Morgan fingerprint density at radius 2 is 2.00 bits per heavy atom. The molecule has 0 aliphatic carbocycles. The Hall–Kier alpha value is -3.18. The number of carbonyl (C=O) groups is 2. The van der Waals surface area contributed by atoms with Crippen LogP contribution in [0.4, 0.5) is 4.79 Å². The molecule has 0 spiro atoms. The minimum Gasteiger partial charge on any atom is -0.368 e. The number of nitrogens with two attached hydrogens (primary N) is 1. The van der Waals surface area contributed by atoms with E-state index in [1.807, 2.05) is 30.3 Å². The average molecular weight is 403 g/mol. The molecule has 1 aromatic carbocycles. The number of amidine groups is 1. The maximum absolute atomic E-state index is 12.7. The summed E-state index contributed by atoms with van der Waals surface area (Å²) in [6.07, 6.45) is 1.24. The van der Waals surface area contributed by atoms with Crippen molar-refractivity contribution in [1.82, 2.24) is 20.8 Å². The van der Waals surface area contributed by atoms with Gasteiger partial charge in [0.1, 0.15) is 12.4 Å². The Kier molecular flexibility index (Phi) is 6.62. The highest BCUT2D eigenvalue weighted by molar-refractivity contribution is 6.01. The fourth-order valence-corrected chi connectivity index (χ4v) is 3.38. The molecule has 3 rings (SSSR count). The molecule has 11 heteroatoms. The fourth-order valence-electron chi connectivity index (χ4n) is 3.38. The van der Waals surface area contributed by atoms with Crippen molar-refractivity contribution in [3.8, 4) is 0 Å². The maximum atomic E-state index is 12.7. The molecule has 2 saturated heterocycles. The van der Waals surface area contributed by atoms with Crippen molar-refractivity contribution >= 4 is 23.7 Å². The van der Waals surface area contributed by atoms with E-state index < -0.39 is 11.9 Å². The first-order chi connectivity index (χ1) is 14.0. The summed E-state index contributed by atoms with van der Waals surface area (Å²) in [5.41, 5.74) is 8.16. The molecule has 6 N–H and O–H groups in total. The molecule has 2 heterocycles. The summed E-state index contributed by atoms with van der Waals surface area (Å²) in [7, 11) is 0. The van der Waals surface area contributed by atoms with Crippen molar-refractivity contribution in [3.63, 3.8) is 0 Å². The van der Waals surface area contributed by atoms with Gasteiger partial charge in [-0.2, -0.15) is 5.06 Å². The van der Waals surface area contributed by atoms with E-state index in [-0.39, 0.29) is 36.9 Å². The molecule has 11 nitrogen and oxygen atoms in total. The topological polar surface area (TPSA) is 157 Å². The number of guanidine groups is 1. The number of piperidine rings is 1. The zero-order chi connectivity index (χ0) is 20.8. The number of fused-ring (bicyclic) bond motifs is 2. The first kappa shape index (κ1) is 20.6. The van der Waals surface area contributed by atoms with Crippen LogP contribution in [0.2, 0.25) is 0 Å². The number of hydrogen-bond donors (Lipinski definition) is 5. The van der Waals surface area contributed by atoms with Gasteiger partial charge < -0.3 is 16.0 Å². The minimum atomic E-state index is -0.496. The van der Waals surface area contributed by atoms with Gasteiger partial charge in [0.15, 0.2) is 0 Å². The Morgan fingerprint density at radius 1 is 1.24 bits per heavy atom. The van der Waals surface area contributed by atoms with Crippen LogP contribution in [0.3, 0.4) is 0 Å². The number of hydrogen-bond acceptors (Lipinski definition) is 6. The van der Waals surface area contributed by atoms with E-state index in [0.717, 1.165) is 5.56 Å². The summed E-state index contributed by atoms with van der Waals surface area (Å²) in [5, 5.41) is 19.1. The predicted octanol–water partition coefficient (Wildman–Crippen LogP) is 0.285. The fraction of sp³-hybridized carbons (Fsp3) is 0.444. The minimum absolute atomic E-state index is 0.00478. The number of benzene rings is 1. The van der Waals surface area contributed by atoms with E-state index in [4.69, 9.17) is 26.2 Å². The molecule has 0 radical (unpaired) electrons. The maximum Gasteiger partial charge on any atom is 0.344 e. The summed E-state index contributed by atoms with van der Waals surface area (Å²) in [5.74, 6) is -0.793. The summed E-state index contributed by atoms with van der Waals surface area (Å²) in [6.45, 7) is 0.751. The van der Waals surface area contributed by atoms with E-state index in [9.17, 15) is 9.59 Å². The second kappa shape index (κ2) is 9.34. The van der Waals surface area contributed by atoms with Gasteiger partial charge in [-0.15, -0.1) is 0 Å². The first-order valence-electron chi connectivity index (χ1n) is 9.32. The van der Waals surface area contributed by atoms with Crippen molar-refractivity contribution in [2.24, 2.45) is 5.73 Å². The van der Waals surface area contributed by atoms with E-state index in [1.54, 1.807) is 4.90 Å². The van der Waals surface area contributed by atoms with Crippen LogP contribution in [-0.2, 0) is 21.1 Å². The lowest BCUT2D eigenvalue weighted by Gasteiger charge is -2.30. The quantitative estimate of drug-likeness (QED) is 0.182. The van der Waals surface area contributed by atoms with Gasteiger partial charge in [0, 0.05) is 6.54 Å². The number of rotatable bonds is 8. The van der Waals surface area contributed by atoms with Crippen molar-refractivity contribution in [2.75, 3.05) is 13.2 Å². The zero-order valence-corrected chi connectivity index (χ0v) is 15.9. The first-order valence-corrected chi connectivity index (χ1v) is 9.32. The highest BCUT2D eigenvalue weighted by atomic mass is 16.7. The molecule has 29 heavy (non-hydrogen) atoms. The van der Waals surface area contributed by atoms with Crippen LogP contribution < -0.4 is 16.5 Å². The van der Waals surface area contributed by atoms with Crippen molar-refractivity contribution < 1.29 is 19.3 Å². The van der Waals surface area contributed by atoms with E-state index in [2.05, 4.69) is 10.8 Å². The van der Waals surface area contributed by atoms with Crippen LogP contribution in [0.15, 0.2) is 30.3 Å². The van der Waals surface area contributed by atoms with Crippen molar-refractivity contribution in [2.45, 2.75) is 38.0 Å². The molecule has 2 aliphatic rings. The van der Waals surface area contributed by atoms with Crippen LogP contribution in [-0.4, -0.2) is 58.9 Å². The average Bonchev–Trinajstić information content (AvgIpc) is 2.94. The summed E-state index contributed by atoms with van der Waals surface area (Å²) in [4.78, 5) is 36.8. The summed E-state index contributed by atoms with van der Waals surface area (Å²) in [6, 6.07) is 8.75. The Labute approximate surface area is 168 Å². The number of carbonyl (C=O) groups excluding carboxylic acids is 2. The lowest BCUT2D eigenvalue weighted by molar-refractivity contribution is -0.140. The van der Waals surface area contributed by atoms with Crippen LogP contribution in [0.1, 0.15) is 24.8 Å². The van der Waals surface area contributed by atoms with Crippen molar-refractivity contribution in [3.05, 3.63) is 35.9 Å². The molecule has 0 saturated carbocycles. The molecule has 3 amide bonds. The monoisotopic (exact) mass is 403 g/mol. The van der Waals surface area contributed by atoms with E-state index in [1.165, 1.54) is 5.06 Å². The van der Waals surface area contributed by atoms with Gasteiger partial charge >= 0.3 is 6.03 Å². The van der Waals surface area contributed by atoms with Gasteiger partial charge in [-0.1, -0.05) is 30.3 Å². The Balaban J connectivity index is 1.49. The molecule has 2 aliphatic heterocycles. The smallest absolute Gasteiger partial charge is 0.344 e. The van der Waals surface area contributed by atoms with Gasteiger partial charge in [0.05, 0.1) is 25.1 Å². The third kappa shape index (κ3) is 5.21. The highest BCUT2D eigenvalue weighted by Gasteiger charge is 2.47. The molecule has 2 bridgehead atoms. The number of urea groups is 1. The number of hydroxylamine groups is 3. The Bertz CT molecular complexity index is 773. The summed E-state index contributed by atoms with van der Waals surface area (Å²) >= 11 is 0. The van der Waals surface area contributed by atoms with Crippen LogP contribution >= 0.6 is 0 Å². The molecule has 156 valence electrons. The van der Waals surface area contributed by atoms with E-state index >= 15 is 0 Å². The second-order valence-electron chi connectivity index (χ2n) is 6.84. The standard InChI is InChI=1S/C18H25N7O4/c19-16(22-15(26)8-9-28-23-17(20)21)14-7-6-13-10-24(14)18(27)25(13)29-11-12-4-2-1-3-5-12/h1-5,13-14H,6-11H2,(H2,19,22,26)(H4,20,21,23)/t13-,14+/m1/s1. The molecule has 2 atom stereocenters. The number of nitrogens with one attached hydrogen (secondary N) is 4. The molecule has 1 aromatic rings. The zero-order valence-electron chi connectivity index (χ0n) is 15.9. The lowest BCUT2D eigenvalue weighted by Crippen LogP contribution is -2.50. The third-order valence-electron chi connectivity index (χ3n) is 4.76. The molecule has 0 unspecified atom stereocenters.